The van der Waals surface area contributed by atoms with E-state index in [1.165, 1.54) is 6.08 Å². The second kappa shape index (κ2) is 3.77. The summed E-state index contributed by atoms with van der Waals surface area (Å²) in [6, 6.07) is 5.25. The Balaban J connectivity index is 3.06. The van der Waals surface area contributed by atoms with E-state index in [1.54, 1.807) is 18.2 Å². The molecule has 1 heteroatoms. The highest BCUT2D eigenvalue weighted by atomic mass is 16.3. The standard InChI is InChI=1S/C11H11O/c1-3-5-10-8-9(4-2)6-7-11(10)12/h2-4,6-8,12H,1,5H2. The van der Waals surface area contributed by atoms with E-state index in [-0.39, 0.29) is 0 Å². The summed E-state index contributed by atoms with van der Waals surface area (Å²) >= 11 is 0. The maximum absolute atomic E-state index is 9.36. The predicted octanol–water partition coefficient (Wildman–Crippen LogP) is 2.57. The van der Waals surface area contributed by atoms with Crippen molar-refractivity contribution in [1.29, 1.82) is 0 Å². The number of allylic oxidation sites excluding steroid dienone is 1. The molecule has 61 valence electrons. The van der Waals surface area contributed by atoms with Gasteiger partial charge in [0.25, 0.3) is 0 Å². The van der Waals surface area contributed by atoms with E-state index in [0.29, 0.717) is 12.2 Å². The lowest BCUT2D eigenvalue weighted by atomic mass is 10.1. The average molecular weight is 159 g/mol. The molecule has 0 bridgehead atoms. The quantitative estimate of drug-likeness (QED) is 0.672. The summed E-state index contributed by atoms with van der Waals surface area (Å²) in [7, 11) is 0. The molecule has 0 saturated carbocycles. The zero-order valence-corrected chi connectivity index (χ0v) is 6.83. The third kappa shape index (κ3) is 1.76. The van der Waals surface area contributed by atoms with Gasteiger partial charge in [-0.2, -0.15) is 0 Å². The number of aromatic hydroxyl groups is 1. The van der Waals surface area contributed by atoms with Crippen LogP contribution in [0.2, 0.25) is 0 Å². The Kier molecular flexibility index (Phi) is 2.70. The number of phenols is 1. The number of hydrogen-bond donors (Lipinski definition) is 1. The van der Waals surface area contributed by atoms with Gasteiger partial charge in [-0.15, -0.1) is 6.58 Å². The third-order valence-electron chi connectivity index (χ3n) is 1.66. The van der Waals surface area contributed by atoms with Crippen molar-refractivity contribution in [2.45, 2.75) is 6.42 Å². The number of phenolic OH excluding ortho intramolecular Hbond substituents is 1. The molecule has 1 nitrogen and oxygen atoms in total. The van der Waals surface area contributed by atoms with Crippen molar-refractivity contribution < 1.29 is 5.11 Å². The zero-order chi connectivity index (χ0) is 8.97. The Bertz CT molecular complexity index is 300. The van der Waals surface area contributed by atoms with Crippen molar-refractivity contribution in [2.75, 3.05) is 0 Å². The molecule has 0 fully saturated rings. The summed E-state index contributed by atoms with van der Waals surface area (Å²) in [5.41, 5.74) is 1.76. The summed E-state index contributed by atoms with van der Waals surface area (Å²) in [4.78, 5) is 0. The lowest BCUT2D eigenvalue weighted by molar-refractivity contribution is 0.469. The first-order chi connectivity index (χ1) is 5.77. The molecule has 0 aliphatic carbocycles. The van der Waals surface area contributed by atoms with Crippen LogP contribution in [0, 0.1) is 6.58 Å². The van der Waals surface area contributed by atoms with Crippen molar-refractivity contribution in [2.24, 2.45) is 0 Å². The van der Waals surface area contributed by atoms with E-state index < -0.39 is 0 Å². The molecular weight excluding hydrogens is 148 g/mol. The summed E-state index contributed by atoms with van der Waals surface area (Å²) < 4.78 is 0. The van der Waals surface area contributed by atoms with Crippen LogP contribution in [-0.2, 0) is 6.42 Å². The van der Waals surface area contributed by atoms with Crippen LogP contribution >= 0.6 is 0 Å². The van der Waals surface area contributed by atoms with Crippen molar-refractivity contribution >= 4 is 6.08 Å². The molecule has 0 aromatic heterocycles. The lowest BCUT2D eigenvalue weighted by Crippen LogP contribution is -1.83. The van der Waals surface area contributed by atoms with Gasteiger partial charge >= 0.3 is 0 Å². The molecule has 12 heavy (non-hydrogen) atoms. The molecule has 0 amide bonds. The van der Waals surface area contributed by atoms with Gasteiger partial charge in [-0.05, 0) is 29.7 Å². The molecule has 1 N–H and O–H groups in total. The second-order valence-electron chi connectivity index (χ2n) is 2.55. The van der Waals surface area contributed by atoms with E-state index in [4.69, 9.17) is 6.58 Å². The van der Waals surface area contributed by atoms with Gasteiger partial charge in [0.05, 0.1) is 0 Å². The Morgan fingerprint density at radius 2 is 2.25 bits per heavy atom. The fourth-order valence-electron chi connectivity index (χ4n) is 1.03. The molecule has 0 heterocycles. The van der Waals surface area contributed by atoms with Gasteiger partial charge in [-0.3, -0.25) is 0 Å². The van der Waals surface area contributed by atoms with Crippen LogP contribution in [-0.4, -0.2) is 5.11 Å². The van der Waals surface area contributed by atoms with E-state index in [1.807, 2.05) is 6.07 Å². The van der Waals surface area contributed by atoms with Gasteiger partial charge < -0.3 is 5.11 Å². The Morgan fingerprint density at radius 1 is 1.50 bits per heavy atom. The monoisotopic (exact) mass is 159 g/mol. The molecule has 0 saturated heterocycles. The van der Waals surface area contributed by atoms with Gasteiger partial charge in [0.2, 0.25) is 0 Å². The zero-order valence-electron chi connectivity index (χ0n) is 6.83. The Hall–Kier alpha value is -1.50. The van der Waals surface area contributed by atoms with Crippen LogP contribution in [0.15, 0.2) is 30.9 Å². The SMILES string of the molecule is [CH]=Cc1ccc(O)c(CC=C)c1. The van der Waals surface area contributed by atoms with Crippen LogP contribution in [0.25, 0.3) is 6.08 Å². The van der Waals surface area contributed by atoms with Crippen LogP contribution < -0.4 is 0 Å². The topological polar surface area (TPSA) is 20.2 Å². The first-order valence-corrected chi connectivity index (χ1v) is 3.75. The van der Waals surface area contributed by atoms with Gasteiger partial charge in [0.15, 0.2) is 0 Å². The van der Waals surface area contributed by atoms with Gasteiger partial charge in [0, 0.05) is 0 Å². The molecule has 0 aliphatic heterocycles. The van der Waals surface area contributed by atoms with E-state index in [0.717, 1.165) is 11.1 Å². The fourth-order valence-corrected chi connectivity index (χ4v) is 1.03. The molecule has 1 aromatic rings. The minimum absolute atomic E-state index is 0.292. The van der Waals surface area contributed by atoms with Crippen molar-refractivity contribution in [1.82, 2.24) is 0 Å². The Labute approximate surface area is 72.7 Å². The molecule has 1 aromatic carbocycles. The third-order valence-corrected chi connectivity index (χ3v) is 1.66. The van der Waals surface area contributed by atoms with Crippen molar-refractivity contribution in [3.63, 3.8) is 0 Å². The van der Waals surface area contributed by atoms with E-state index >= 15 is 0 Å². The van der Waals surface area contributed by atoms with Crippen LogP contribution in [0.5, 0.6) is 5.75 Å². The summed E-state index contributed by atoms with van der Waals surface area (Å²) in [6.45, 7) is 8.93. The molecule has 1 rings (SSSR count). The second-order valence-corrected chi connectivity index (χ2v) is 2.55. The molecule has 0 unspecified atom stereocenters. The van der Waals surface area contributed by atoms with Crippen LogP contribution in [0.3, 0.4) is 0 Å². The Morgan fingerprint density at radius 3 is 2.83 bits per heavy atom. The maximum atomic E-state index is 9.36. The number of rotatable bonds is 3. The van der Waals surface area contributed by atoms with Crippen molar-refractivity contribution in [3.8, 4) is 5.75 Å². The van der Waals surface area contributed by atoms with E-state index in [2.05, 4.69) is 6.58 Å². The summed E-state index contributed by atoms with van der Waals surface area (Å²) in [5.74, 6) is 0.292. The first kappa shape index (κ1) is 8.60. The molecule has 0 aliphatic rings. The van der Waals surface area contributed by atoms with Gasteiger partial charge in [0.1, 0.15) is 5.75 Å². The van der Waals surface area contributed by atoms with Crippen LogP contribution in [0.1, 0.15) is 11.1 Å². The molecule has 1 radical (unpaired) electrons. The molecule has 0 atom stereocenters. The van der Waals surface area contributed by atoms with E-state index in [9.17, 15) is 5.11 Å². The summed E-state index contributed by atoms with van der Waals surface area (Å²) in [6.07, 6.45) is 3.91. The molecular formula is C11H11O. The maximum Gasteiger partial charge on any atom is 0.119 e. The molecule has 0 spiro atoms. The fraction of sp³-hybridized carbons (Fsp3) is 0.0909. The van der Waals surface area contributed by atoms with Gasteiger partial charge in [-0.1, -0.05) is 24.8 Å². The highest BCUT2D eigenvalue weighted by molar-refractivity contribution is 5.50. The first-order valence-electron chi connectivity index (χ1n) is 3.75. The minimum atomic E-state index is 0.292. The number of hydrogen-bond acceptors (Lipinski definition) is 1. The summed E-state index contributed by atoms with van der Waals surface area (Å²) in [5, 5.41) is 9.36. The predicted molar refractivity (Wildman–Crippen MR) is 50.8 cm³/mol. The highest BCUT2D eigenvalue weighted by Gasteiger charge is 1.98. The lowest BCUT2D eigenvalue weighted by Gasteiger charge is -2.02. The van der Waals surface area contributed by atoms with Gasteiger partial charge in [-0.25, -0.2) is 0 Å². The smallest absolute Gasteiger partial charge is 0.119 e. The number of benzene rings is 1. The van der Waals surface area contributed by atoms with Crippen molar-refractivity contribution in [3.05, 3.63) is 48.6 Å². The largest absolute Gasteiger partial charge is 0.508 e. The minimum Gasteiger partial charge on any atom is -0.508 e. The average Bonchev–Trinajstić information content (AvgIpc) is 2.09. The van der Waals surface area contributed by atoms with Crippen LogP contribution in [0.4, 0.5) is 0 Å². The highest BCUT2D eigenvalue weighted by Crippen LogP contribution is 2.19. The normalized spacial score (nSPS) is 9.33.